The average molecular weight is 727 g/mol. The first-order valence-corrected chi connectivity index (χ1v) is 19.8. The van der Waals surface area contributed by atoms with Gasteiger partial charge in [-0.1, -0.05) is 93.6 Å². The van der Waals surface area contributed by atoms with Crippen molar-refractivity contribution in [3.8, 4) is 11.4 Å². The van der Waals surface area contributed by atoms with Crippen molar-refractivity contribution in [2.24, 2.45) is 5.41 Å². The lowest BCUT2D eigenvalue weighted by Crippen LogP contribution is -2.37. The van der Waals surface area contributed by atoms with E-state index in [1.165, 1.54) is 54.7 Å². The minimum atomic E-state index is -0.639. The van der Waals surface area contributed by atoms with Crippen LogP contribution in [-0.4, -0.2) is 33.9 Å². The van der Waals surface area contributed by atoms with Gasteiger partial charge in [0, 0.05) is 63.6 Å². The predicted octanol–water partition coefficient (Wildman–Crippen LogP) is 10.8. The van der Waals surface area contributed by atoms with E-state index in [9.17, 15) is 4.79 Å². The molecule has 9 rings (SSSR count). The van der Waals surface area contributed by atoms with Gasteiger partial charge in [0.05, 0.1) is 28.6 Å². The number of hydrogen-bond donors (Lipinski definition) is 0. The fraction of sp³-hybridized carbons (Fsp3) is 0.265. The predicted molar refractivity (Wildman–Crippen MR) is 222 cm³/mol. The van der Waals surface area contributed by atoms with Gasteiger partial charge in [0.1, 0.15) is 12.2 Å². The first-order chi connectivity index (χ1) is 26.9. The highest BCUT2D eigenvalue weighted by molar-refractivity contribution is 6.25. The van der Waals surface area contributed by atoms with E-state index in [1.54, 1.807) is 0 Å². The molecule has 0 amide bonds. The third-order valence-corrected chi connectivity index (χ3v) is 12.4. The summed E-state index contributed by atoms with van der Waals surface area (Å²) in [7, 11) is 0. The van der Waals surface area contributed by atoms with Crippen LogP contribution in [0.25, 0.3) is 55.0 Å². The molecular formula is C49H48N3O3+. The molecule has 55 heavy (non-hydrogen) atoms. The van der Waals surface area contributed by atoms with Crippen LogP contribution in [0.15, 0.2) is 140 Å². The number of benzene rings is 5. The summed E-state index contributed by atoms with van der Waals surface area (Å²) in [5, 5.41) is 4.95. The number of hydrogen-bond acceptors (Lipinski definition) is 3. The van der Waals surface area contributed by atoms with Gasteiger partial charge in [0.2, 0.25) is 5.69 Å². The van der Waals surface area contributed by atoms with Gasteiger partial charge < -0.3 is 18.6 Å². The molecule has 0 spiro atoms. The quantitative estimate of drug-likeness (QED) is 0.0716. The van der Waals surface area contributed by atoms with Crippen molar-refractivity contribution >= 4 is 49.6 Å². The fourth-order valence-electron chi connectivity index (χ4n) is 8.86. The van der Waals surface area contributed by atoms with Crippen molar-refractivity contribution < 1.29 is 18.8 Å². The molecule has 0 saturated carbocycles. The molecule has 8 aromatic rings. The molecule has 0 radical (unpaired) electrons. The third kappa shape index (κ3) is 5.91. The molecule has 1 aliphatic heterocycles. The zero-order valence-electron chi connectivity index (χ0n) is 32.2. The Hall–Kier alpha value is -5.72. The van der Waals surface area contributed by atoms with Gasteiger partial charge in [-0.15, -0.1) is 0 Å². The standard InChI is InChI=1S/C49H48N3O3/c1-5-41(48(4,6-2)47(53)54-32-49(7-3)33-55-49)35-22-20-34(21-23-35)31-51-42-26-24-37(50-28-14-9-15-29-50)30-40(42)38-25-27-44-45(46(38)51)39-18-12-13-19-43(39)52(44)36-16-10-8-11-17-36/h8-30,41H,5-7,31-33H2,1-4H3/q+1. The zero-order chi connectivity index (χ0) is 37.7. The van der Waals surface area contributed by atoms with Gasteiger partial charge in [-0.3, -0.25) is 4.79 Å². The van der Waals surface area contributed by atoms with Crippen molar-refractivity contribution in [3.05, 3.63) is 151 Å². The van der Waals surface area contributed by atoms with Crippen LogP contribution in [-0.2, 0) is 20.8 Å². The molecule has 0 N–H and O–H groups in total. The van der Waals surface area contributed by atoms with E-state index in [-0.39, 0.29) is 17.5 Å². The molecule has 1 fully saturated rings. The lowest BCUT2D eigenvalue weighted by atomic mass is 9.70. The molecule has 6 nitrogen and oxygen atoms in total. The van der Waals surface area contributed by atoms with Crippen LogP contribution in [0.4, 0.5) is 0 Å². The van der Waals surface area contributed by atoms with E-state index >= 15 is 0 Å². The molecule has 3 aromatic heterocycles. The van der Waals surface area contributed by atoms with Gasteiger partial charge in [-0.05, 0) is 73.6 Å². The van der Waals surface area contributed by atoms with Crippen LogP contribution < -0.4 is 4.57 Å². The number of esters is 1. The highest BCUT2D eigenvalue weighted by Gasteiger charge is 2.47. The number of nitrogens with zero attached hydrogens (tertiary/aromatic N) is 3. The second-order valence-corrected chi connectivity index (χ2v) is 15.5. The lowest BCUT2D eigenvalue weighted by Gasteiger charge is -2.35. The van der Waals surface area contributed by atoms with Crippen LogP contribution in [0, 0.1) is 5.41 Å². The van der Waals surface area contributed by atoms with Gasteiger partial charge in [0.15, 0.2) is 12.4 Å². The van der Waals surface area contributed by atoms with Crippen LogP contribution in [0.2, 0.25) is 0 Å². The summed E-state index contributed by atoms with van der Waals surface area (Å²) in [5.41, 5.74) is 8.52. The smallest absolute Gasteiger partial charge is 0.312 e. The third-order valence-electron chi connectivity index (χ3n) is 12.4. The Morgan fingerprint density at radius 3 is 2.22 bits per heavy atom. The van der Waals surface area contributed by atoms with E-state index in [1.807, 2.05) is 0 Å². The summed E-state index contributed by atoms with van der Waals surface area (Å²) in [6.07, 6.45) is 6.59. The number of para-hydroxylation sites is 2. The van der Waals surface area contributed by atoms with Crippen molar-refractivity contribution in [3.63, 3.8) is 0 Å². The summed E-state index contributed by atoms with van der Waals surface area (Å²) in [6.45, 7) is 10.1. The van der Waals surface area contributed by atoms with E-state index in [0.29, 0.717) is 26.2 Å². The number of carbonyl (C=O) groups excluding carboxylic acids is 1. The maximum atomic E-state index is 13.7. The Labute approximate surface area is 322 Å². The molecule has 3 atom stereocenters. The van der Waals surface area contributed by atoms with Crippen molar-refractivity contribution in [1.82, 2.24) is 9.13 Å². The highest BCUT2D eigenvalue weighted by atomic mass is 16.6. The van der Waals surface area contributed by atoms with Crippen LogP contribution in [0.1, 0.15) is 64.0 Å². The normalized spacial score (nSPS) is 17.2. The summed E-state index contributed by atoms with van der Waals surface area (Å²) < 4.78 is 18.7. The summed E-state index contributed by atoms with van der Waals surface area (Å²) >= 11 is 0. The van der Waals surface area contributed by atoms with E-state index in [4.69, 9.17) is 9.47 Å². The van der Waals surface area contributed by atoms with E-state index < -0.39 is 5.41 Å². The maximum Gasteiger partial charge on any atom is 0.312 e. The minimum Gasteiger partial charge on any atom is -0.462 e. The first kappa shape index (κ1) is 35.0. The van der Waals surface area contributed by atoms with Crippen LogP contribution in [0.3, 0.4) is 0 Å². The van der Waals surface area contributed by atoms with Gasteiger partial charge in [-0.2, -0.15) is 4.57 Å². The SMILES string of the molecule is CCC(c1ccc(Cn2c3ccc(-[n+]4ccccc4)cc3c3ccc4c(c5ccccc5n4-c4ccccc4)c32)cc1)C(C)(CC)C(=O)OCC1(CC)CO1. The van der Waals surface area contributed by atoms with E-state index in [2.05, 4.69) is 181 Å². The topological polar surface area (TPSA) is 52.6 Å². The molecule has 276 valence electrons. The Morgan fingerprint density at radius 1 is 0.800 bits per heavy atom. The Bertz CT molecular complexity index is 2670. The molecule has 0 bridgehead atoms. The fourth-order valence-corrected chi connectivity index (χ4v) is 8.86. The zero-order valence-corrected chi connectivity index (χ0v) is 32.2. The monoisotopic (exact) mass is 726 g/mol. The molecule has 6 heteroatoms. The Kier molecular flexibility index (Phi) is 8.82. The minimum absolute atomic E-state index is 0.0302. The maximum absolute atomic E-state index is 13.7. The summed E-state index contributed by atoms with van der Waals surface area (Å²) in [5.74, 6) is -0.103. The van der Waals surface area contributed by atoms with E-state index in [0.717, 1.165) is 24.2 Å². The Morgan fingerprint density at radius 2 is 1.51 bits per heavy atom. The molecule has 1 aliphatic rings. The highest BCUT2D eigenvalue weighted by Crippen LogP contribution is 2.44. The van der Waals surface area contributed by atoms with Gasteiger partial charge in [0.25, 0.3) is 0 Å². The van der Waals surface area contributed by atoms with Gasteiger partial charge >= 0.3 is 5.97 Å². The molecular weight excluding hydrogens is 679 g/mol. The van der Waals surface area contributed by atoms with Crippen molar-refractivity contribution in [2.75, 3.05) is 13.2 Å². The van der Waals surface area contributed by atoms with Crippen LogP contribution >= 0.6 is 0 Å². The second-order valence-electron chi connectivity index (χ2n) is 15.5. The first-order valence-electron chi connectivity index (χ1n) is 19.8. The number of fused-ring (bicyclic) bond motifs is 7. The number of rotatable bonds is 12. The lowest BCUT2D eigenvalue weighted by molar-refractivity contribution is -0.595. The molecule has 5 aromatic carbocycles. The number of aromatic nitrogens is 3. The van der Waals surface area contributed by atoms with Crippen molar-refractivity contribution in [2.45, 2.75) is 65.0 Å². The van der Waals surface area contributed by atoms with Gasteiger partial charge in [-0.25, -0.2) is 0 Å². The molecule has 1 saturated heterocycles. The van der Waals surface area contributed by atoms with Crippen molar-refractivity contribution in [1.29, 1.82) is 0 Å². The molecule has 4 heterocycles. The average Bonchev–Trinajstić information content (AvgIpc) is 3.86. The number of carbonyl (C=O) groups is 1. The second kappa shape index (κ2) is 13.8. The largest absolute Gasteiger partial charge is 0.462 e. The number of epoxide rings is 1. The molecule has 0 aliphatic carbocycles. The molecule has 3 unspecified atom stereocenters. The number of ether oxygens (including phenoxy) is 2. The van der Waals surface area contributed by atoms with Crippen LogP contribution in [0.5, 0.6) is 0 Å². The number of pyridine rings is 1. The summed E-state index contributed by atoms with van der Waals surface area (Å²) in [6, 6.07) is 46.0. The summed E-state index contributed by atoms with van der Waals surface area (Å²) in [4.78, 5) is 13.7. The Balaban J connectivity index is 1.17.